The summed E-state index contributed by atoms with van der Waals surface area (Å²) in [6.07, 6.45) is 2.25. The van der Waals surface area contributed by atoms with E-state index in [1.165, 1.54) is 0 Å². The predicted octanol–water partition coefficient (Wildman–Crippen LogP) is 1.41. The average Bonchev–Trinajstić information content (AvgIpc) is 3.21. The molecule has 0 aromatic heterocycles. The highest BCUT2D eigenvalue weighted by Crippen LogP contribution is 2.25. The summed E-state index contributed by atoms with van der Waals surface area (Å²) in [4.78, 5) is 13.6. The number of ether oxygens (including phenoxy) is 1. The van der Waals surface area contributed by atoms with Crippen LogP contribution in [0.4, 0.5) is 0 Å². The summed E-state index contributed by atoms with van der Waals surface area (Å²) in [5.41, 5.74) is 1.07. The maximum atomic E-state index is 11.9. The molecule has 1 amide bonds. The van der Waals surface area contributed by atoms with E-state index in [0.29, 0.717) is 6.04 Å². The first-order valence-corrected chi connectivity index (χ1v) is 6.33. The third-order valence-corrected chi connectivity index (χ3v) is 3.18. The quantitative estimate of drug-likeness (QED) is 0.827. The lowest BCUT2D eigenvalue weighted by Crippen LogP contribution is -2.33. The molecule has 0 spiro atoms. The van der Waals surface area contributed by atoms with E-state index >= 15 is 0 Å². The van der Waals surface area contributed by atoms with Crippen LogP contribution in [0.2, 0.25) is 0 Å². The van der Waals surface area contributed by atoms with Crippen LogP contribution in [0.3, 0.4) is 0 Å². The second-order valence-electron chi connectivity index (χ2n) is 4.66. The first-order chi connectivity index (χ1) is 8.72. The van der Waals surface area contributed by atoms with Crippen molar-refractivity contribution in [2.45, 2.75) is 25.4 Å². The van der Waals surface area contributed by atoms with Crippen LogP contribution in [0.15, 0.2) is 24.3 Å². The van der Waals surface area contributed by atoms with E-state index in [-0.39, 0.29) is 12.5 Å². The second kappa shape index (κ2) is 5.87. The van der Waals surface area contributed by atoms with Crippen LogP contribution in [-0.4, -0.2) is 37.6 Å². The Hall–Kier alpha value is -1.55. The van der Waals surface area contributed by atoms with Gasteiger partial charge in [0, 0.05) is 25.2 Å². The van der Waals surface area contributed by atoms with E-state index < -0.39 is 0 Å². The molecule has 1 fully saturated rings. The fourth-order valence-electron chi connectivity index (χ4n) is 1.89. The largest absolute Gasteiger partial charge is 0.483 e. The topological polar surface area (TPSA) is 41.6 Å². The van der Waals surface area contributed by atoms with Crippen LogP contribution < -0.4 is 10.1 Å². The summed E-state index contributed by atoms with van der Waals surface area (Å²) in [7, 11) is 3.74. The zero-order chi connectivity index (χ0) is 13.0. The van der Waals surface area contributed by atoms with Crippen molar-refractivity contribution in [3.8, 4) is 5.75 Å². The maximum Gasteiger partial charge on any atom is 0.260 e. The van der Waals surface area contributed by atoms with Crippen molar-refractivity contribution in [2.24, 2.45) is 0 Å². The van der Waals surface area contributed by atoms with Crippen molar-refractivity contribution in [1.29, 1.82) is 0 Å². The zero-order valence-corrected chi connectivity index (χ0v) is 11.0. The smallest absolute Gasteiger partial charge is 0.260 e. The van der Waals surface area contributed by atoms with Gasteiger partial charge in [0.1, 0.15) is 5.75 Å². The minimum Gasteiger partial charge on any atom is -0.483 e. The number of nitrogens with zero attached hydrogens (tertiary/aromatic N) is 1. The highest BCUT2D eigenvalue weighted by molar-refractivity contribution is 5.78. The first-order valence-electron chi connectivity index (χ1n) is 6.33. The molecule has 4 nitrogen and oxygen atoms in total. The molecule has 0 radical (unpaired) electrons. The van der Waals surface area contributed by atoms with E-state index in [0.717, 1.165) is 30.7 Å². The van der Waals surface area contributed by atoms with Gasteiger partial charge in [-0.2, -0.15) is 0 Å². The van der Waals surface area contributed by atoms with Gasteiger partial charge in [0.05, 0.1) is 0 Å². The molecule has 18 heavy (non-hydrogen) atoms. The van der Waals surface area contributed by atoms with Crippen molar-refractivity contribution < 1.29 is 9.53 Å². The maximum absolute atomic E-state index is 11.9. The van der Waals surface area contributed by atoms with Crippen molar-refractivity contribution >= 4 is 5.91 Å². The Balaban J connectivity index is 1.90. The van der Waals surface area contributed by atoms with Crippen LogP contribution in [-0.2, 0) is 11.3 Å². The molecular weight excluding hydrogens is 228 g/mol. The first kappa shape index (κ1) is 12.9. The lowest BCUT2D eigenvalue weighted by molar-refractivity contribution is -0.132. The molecule has 1 aromatic carbocycles. The number of carbonyl (C=O) groups excluding carboxylic acids is 1. The van der Waals surface area contributed by atoms with E-state index in [1.807, 2.05) is 38.4 Å². The molecule has 4 heteroatoms. The minimum absolute atomic E-state index is 0.0526. The number of benzene rings is 1. The lowest BCUT2D eigenvalue weighted by Gasteiger charge is -2.17. The normalized spacial score (nSPS) is 14.3. The van der Waals surface area contributed by atoms with Crippen LogP contribution >= 0.6 is 0 Å². The Labute approximate surface area is 108 Å². The summed E-state index contributed by atoms with van der Waals surface area (Å²) in [6.45, 7) is 0.858. The molecule has 1 aromatic rings. The number of hydrogen-bond donors (Lipinski definition) is 1. The fourth-order valence-corrected chi connectivity index (χ4v) is 1.89. The number of nitrogens with one attached hydrogen (secondary N) is 1. The van der Waals surface area contributed by atoms with E-state index in [2.05, 4.69) is 5.32 Å². The Morgan fingerprint density at radius 2 is 2.17 bits per heavy atom. The van der Waals surface area contributed by atoms with Gasteiger partial charge in [-0.3, -0.25) is 4.79 Å². The Morgan fingerprint density at radius 3 is 2.83 bits per heavy atom. The van der Waals surface area contributed by atoms with Crippen LogP contribution in [0.1, 0.15) is 18.4 Å². The standard InChI is InChI=1S/C14H20N2O2/c1-15-9-11-5-3-4-6-13(11)18-10-14(17)16(2)12-7-8-12/h3-6,12,15H,7-10H2,1-2H3. The lowest BCUT2D eigenvalue weighted by atomic mass is 10.2. The molecule has 0 heterocycles. The van der Waals surface area contributed by atoms with Gasteiger partial charge < -0.3 is 15.0 Å². The fraction of sp³-hybridized carbons (Fsp3) is 0.500. The third kappa shape index (κ3) is 3.23. The van der Waals surface area contributed by atoms with Gasteiger partial charge in [-0.25, -0.2) is 0 Å². The van der Waals surface area contributed by atoms with E-state index in [9.17, 15) is 4.79 Å². The summed E-state index contributed by atoms with van der Waals surface area (Å²) in [5, 5.41) is 3.09. The molecular formula is C14H20N2O2. The molecule has 0 aliphatic heterocycles. The van der Waals surface area contributed by atoms with Gasteiger partial charge in [-0.15, -0.1) is 0 Å². The van der Waals surface area contributed by atoms with Crippen LogP contribution in [0.25, 0.3) is 0 Å². The Morgan fingerprint density at radius 1 is 1.44 bits per heavy atom. The number of amides is 1. The monoisotopic (exact) mass is 248 g/mol. The van der Waals surface area contributed by atoms with Crippen molar-refractivity contribution in [3.05, 3.63) is 29.8 Å². The van der Waals surface area contributed by atoms with E-state index in [4.69, 9.17) is 4.74 Å². The minimum atomic E-state index is 0.0526. The molecule has 1 aliphatic carbocycles. The molecule has 98 valence electrons. The van der Waals surface area contributed by atoms with E-state index in [1.54, 1.807) is 4.90 Å². The van der Waals surface area contributed by atoms with Crippen molar-refractivity contribution in [1.82, 2.24) is 10.2 Å². The third-order valence-electron chi connectivity index (χ3n) is 3.18. The summed E-state index contributed by atoms with van der Waals surface area (Å²) in [6, 6.07) is 8.23. The second-order valence-corrected chi connectivity index (χ2v) is 4.66. The molecule has 0 saturated heterocycles. The Kier molecular flexibility index (Phi) is 4.20. The highest BCUT2D eigenvalue weighted by Gasteiger charge is 2.29. The van der Waals surface area contributed by atoms with Crippen molar-refractivity contribution in [2.75, 3.05) is 20.7 Å². The van der Waals surface area contributed by atoms with Gasteiger partial charge in [-0.1, -0.05) is 18.2 Å². The highest BCUT2D eigenvalue weighted by atomic mass is 16.5. The number of rotatable bonds is 6. The number of hydrogen-bond acceptors (Lipinski definition) is 3. The molecule has 0 bridgehead atoms. The summed E-state index contributed by atoms with van der Waals surface area (Å²) < 4.78 is 5.62. The van der Waals surface area contributed by atoms with Gasteiger partial charge in [0.2, 0.25) is 0 Å². The van der Waals surface area contributed by atoms with Crippen LogP contribution in [0.5, 0.6) is 5.75 Å². The van der Waals surface area contributed by atoms with Crippen LogP contribution in [0, 0.1) is 0 Å². The SMILES string of the molecule is CNCc1ccccc1OCC(=O)N(C)C1CC1. The number of likely N-dealkylation sites (N-methyl/N-ethyl adjacent to an activating group) is 1. The van der Waals surface area contributed by atoms with Crippen molar-refractivity contribution in [3.63, 3.8) is 0 Å². The van der Waals surface area contributed by atoms with Gasteiger partial charge in [-0.05, 0) is 26.0 Å². The average molecular weight is 248 g/mol. The number of carbonyl (C=O) groups is 1. The van der Waals surface area contributed by atoms with Gasteiger partial charge in [0.25, 0.3) is 5.91 Å². The van der Waals surface area contributed by atoms with Gasteiger partial charge >= 0.3 is 0 Å². The number of para-hydroxylation sites is 1. The molecule has 0 unspecified atom stereocenters. The molecule has 1 saturated carbocycles. The zero-order valence-electron chi connectivity index (χ0n) is 11.0. The predicted molar refractivity (Wildman–Crippen MR) is 70.5 cm³/mol. The molecule has 1 aliphatic rings. The molecule has 1 N–H and O–H groups in total. The molecule has 0 atom stereocenters. The molecule has 2 rings (SSSR count). The summed E-state index contributed by atoms with van der Waals surface area (Å²) in [5.74, 6) is 0.834. The Bertz CT molecular complexity index is 416. The summed E-state index contributed by atoms with van der Waals surface area (Å²) >= 11 is 0. The van der Waals surface area contributed by atoms with Gasteiger partial charge in [0.15, 0.2) is 6.61 Å².